The minimum atomic E-state index is -3.60. The molecule has 3 heterocycles. The zero-order valence-corrected chi connectivity index (χ0v) is 14.4. The van der Waals surface area contributed by atoms with Crippen LogP contribution in [0.3, 0.4) is 0 Å². The third kappa shape index (κ3) is 5.27. The first-order valence-electron chi connectivity index (χ1n) is 8.37. The highest BCUT2D eigenvalue weighted by Crippen LogP contribution is 2.41. The summed E-state index contributed by atoms with van der Waals surface area (Å²) >= 11 is 0. The van der Waals surface area contributed by atoms with Crippen LogP contribution in [0.25, 0.3) is 0 Å². The summed E-state index contributed by atoms with van der Waals surface area (Å²) in [5.74, 6) is 0.0566. The molecule has 2 aromatic rings. The number of piperazine rings is 1. The van der Waals surface area contributed by atoms with Gasteiger partial charge in [0.2, 0.25) is 0 Å². The van der Waals surface area contributed by atoms with Gasteiger partial charge in [-0.3, -0.25) is 9.88 Å². The summed E-state index contributed by atoms with van der Waals surface area (Å²) in [5, 5.41) is 8.88. The number of amides is 1. The predicted molar refractivity (Wildman–Crippen MR) is 91.8 cm³/mol. The Hall–Kier alpha value is -2.94. The number of nitrogens with zero attached hydrogens (tertiary/aromatic N) is 3. The van der Waals surface area contributed by atoms with Crippen LogP contribution in [-0.2, 0) is 6.54 Å². The lowest BCUT2D eigenvalue weighted by molar-refractivity contribution is -0.286. The first-order chi connectivity index (χ1) is 12.9. The van der Waals surface area contributed by atoms with Crippen LogP contribution in [0.5, 0.6) is 11.5 Å². The standard InChI is InChI=1S/C13H14F2N2O4.C5H5N/c14-13(15)20-10-2-1-9(7-11(10)21-13)8-16-3-5-17(6-4-16)12(18)19;1-2-4-6-5-3-1/h1-2,7H,3-6,8H2,(H,18,19);1-5H. The Morgan fingerprint density at radius 2 is 1.74 bits per heavy atom. The fourth-order valence-corrected chi connectivity index (χ4v) is 2.76. The van der Waals surface area contributed by atoms with Crippen LogP contribution < -0.4 is 9.47 Å². The minimum absolute atomic E-state index is 0.0273. The van der Waals surface area contributed by atoms with E-state index in [1.807, 2.05) is 18.2 Å². The highest BCUT2D eigenvalue weighted by Gasteiger charge is 2.43. The minimum Gasteiger partial charge on any atom is -0.465 e. The van der Waals surface area contributed by atoms with Gasteiger partial charge in [0.15, 0.2) is 11.5 Å². The van der Waals surface area contributed by atoms with Gasteiger partial charge in [0.1, 0.15) is 0 Å². The quantitative estimate of drug-likeness (QED) is 0.865. The molecule has 1 saturated heterocycles. The van der Waals surface area contributed by atoms with E-state index in [2.05, 4.69) is 19.4 Å². The highest BCUT2D eigenvalue weighted by atomic mass is 19.3. The number of benzene rings is 1. The lowest BCUT2D eigenvalue weighted by Crippen LogP contribution is -2.47. The highest BCUT2D eigenvalue weighted by molar-refractivity contribution is 5.65. The van der Waals surface area contributed by atoms with Crippen molar-refractivity contribution in [3.63, 3.8) is 0 Å². The van der Waals surface area contributed by atoms with Crippen LogP contribution in [0.4, 0.5) is 13.6 Å². The van der Waals surface area contributed by atoms with Crippen molar-refractivity contribution in [1.29, 1.82) is 0 Å². The SMILES string of the molecule is O=C(O)N1CCN(Cc2ccc3c(c2)OC(F)(F)O3)CC1.c1ccncc1. The molecule has 9 heteroatoms. The Kier molecular flexibility index (Phi) is 5.70. The summed E-state index contributed by atoms with van der Waals surface area (Å²) in [5.41, 5.74) is 0.818. The number of aromatic nitrogens is 1. The number of rotatable bonds is 2. The molecular formula is C18H19F2N3O4. The van der Waals surface area contributed by atoms with E-state index in [-0.39, 0.29) is 11.5 Å². The van der Waals surface area contributed by atoms with E-state index in [9.17, 15) is 13.6 Å². The molecule has 7 nitrogen and oxygen atoms in total. The zero-order chi connectivity index (χ0) is 19.3. The van der Waals surface area contributed by atoms with Crippen molar-refractivity contribution in [2.45, 2.75) is 12.8 Å². The van der Waals surface area contributed by atoms with E-state index in [4.69, 9.17) is 5.11 Å². The van der Waals surface area contributed by atoms with Gasteiger partial charge in [-0.05, 0) is 29.8 Å². The largest absolute Gasteiger partial charge is 0.586 e. The maximum atomic E-state index is 12.9. The Bertz CT molecular complexity index is 742. The normalized spacial score (nSPS) is 17.8. The number of alkyl halides is 2. The number of ether oxygens (including phenoxy) is 2. The fourth-order valence-electron chi connectivity index (χ4n) is 2.76. The maximum absolute atomic E-state index is 12.9. The van der Waals surface area contributed by atoms with Crippen molar-refractivity contribution < 1.29 is 28.2 Å². The fraction of sp³-hybridized carbons (Fsp3) is 0.333. The predicted octanol–water partition coefficient (Wildman–Crippen LogP) is 2.89. The Labute approximate surface area is 154 Å². The second-order valence-electron chi connectivity index (χ2n) is 6.02. The van der Waals surface area contributed by atoms with Gasteiger partial charge < -0.3 is 19.5 Å². The molecule has 1 fully saturated rings. The van der Waals surface area contributed by atoms with Crippen LogP contribution >= 0.6 is 0 Å². The molecule has 0 aliphatic carbocycles. The van der Waals surface area contributed by atoms with Gasteiger partial charge in [0.05, 0.1) is 0 Å². The summed E-state index contributed by atoms with van der Waals surface area (Å²) in [6.45, 7) is 2.65. The summed E-state index contributed by atoms with van der Waals surface area (Å²) in [6.07, 6.45) is -1.02. The molecule has 0 radical (unpaired) electrons. The average molecular weight is 379 g/mol. The number of carbonyl (C=O) groups is 1. The molecular weight excluding hydrogens is 360 g/mol. The topological polar surface area (TPSA) is 75.1 Å². The first-order valence-corrected chi connectivity index (χ1v) is 8.37. The molecule has 1 aromatic heterocycles. The van der Waals surface area contributed by atoms with Crippen LogP contribution in [0.15, 0.2) is 48.8 Å². The summed E-state index contributed by atoms with van der Waals surface area (Å²) in [6, 6.07) is 10.4. The van der Waals surface area contributed by atoms with E-state index in [0.717, 1.165) is 5.56 Å². The van der Waals surface area contributed by atoms with Crippen molar-refractivity contribution in [3.8, 4) is 11.5 Å². The molecule has 2 aliphatic heterocycles. The second kappa shape index (κ2) is 8.17. The third-order valence-electron chi connectivity index (χ3n) is 4.08. The van der Waals surface area contributed by atoms with E-state index < -0.39 is 12.4 Å². The van der Waals surface area contributed by atoms with Gasteiger partial charge in [-0.25, -0.2) is 4.79 Å². The molecule has 0 unspecified atom stereocenters. The molecule has 4 rings (SSSR count). The van der Waals surface area contributed by atoms with E-state index in [0.29, 0.717) is 32.7 Å². The van der Waals surface area contributed by atoms with Crippen LogP contribution in [0.2, 0.25) is 0 Å². The Morgan fingerprint density at radius 3 is 2.30 bits per heavy atom. The van der Waals surface area contributed by atoms with Crippen molar-refractivity contribution in [2.75, 3.05) is 26.2 Å². The van der Waals surface area contributed by atoms with Gasteiger partial charge in [0.25, 0.3) is 0 Å². The lowest BCUT2D eigenvalue weighted by atomic mass is 10.1. The molecule has 1 N–H and O–H groups in total. The first kappa shape index (κ1) is 18.8. The van der Waals surface area contributed by atoms with Crippen LogP contribution in [-0.4, -0.2) is 58.5 Å². The number of halogens is 2. The summed E-state index contributed by atoms with van der Waals surface area (Å²) in [4.78, 5) is 18.0. The summed E-state index contributed by atoms with van der Waals surface area (Å²) < 4.78 is 34.6. The molecule has 0 atom stereocenters. The smallest absolute Gasteiger partial charge is 0.465 e. The average Bonchev–Trinajstić information content (AvgIpc) is 2.97. The molecule has 0 saturated carbocycles. The maximum Gasteiger partial charge on any atom is 0.586 e. The van der Waals surface area contributed by atoms with Gasteiger partial charge in [-0.2, -0.15) is 0 Å². The Balaban J connectivity index is 0.000000299. The summed E-state index contributed by atoms with van der Waals surface area (Å²) in [7, 11) is 0. The molecule has 27 heavy (non-hydrogen) atoms. The molecule has 0 spiro atoms. The number of pyridine rings is 1. The molecule has 1 aromatic carbocycles. The zero-order valence-electron chi connectivity index (χ0n) is 14.4. The number of hydrogen-bond acceptors (Lipinski definition) is 5. The van der Waals surface area contributed by atoms with Gasteiger partial charge in [-0.1, -0.05) is 12.1 Å². The molecule has 144 valence electrons. The van der Waals surface area contributed by atoms with Gasteiger partial charge >= 0.3 is 12.4 Å². The monoisotopic (exact) mass is 379 g/mol. The Morgan fingerprint density at radius 1 is 1.07 bits per heavy atom. The second-order valence-corrected chi connectivity index (χ2v) is 6.02. The van der Waals surface area contributed by atoms with Crippen LogP contribution in [0, 0.1) is 0 Å². The van der Waals surface area contributed by atoms with Crippen molar-refractivity contribution in [3.05, 3.63) is 54.4 Å². The van der Waals surface area contributed by atoms with Gasteiger partial charge in [0, 0.05) is 45.1 Å². The van der Waals surface area contributed by atoms with E-state index in [1.165, 1.54) is 17.0 Å². The number of hydrogen-bond donors (Lipinski definition) is 1. The molecule has 1 amide bonds. The number of fused-ring (bicyclic) bond motifs is 1. The van der Waals surface area contributed by atoms with Crippen molar-refractivity contribution >= 4 is 6.09 Å². The lowest BCUT2D eigenvalue weighted by Gasteiger charge is -2.33. The van der Waals surface area contributed by atoms with Crippen LogP contribution in [0.1, 0.15) is 5.56 Å². The van der Waals surface area contributed by atoms with Gasteiger partial charge in [-0.15, -0.1) is 8.78 Å². The molecule has 2 aliphatic rings. The number of carboxylic acid groups (broad SMARTS) is 1. The van der Waals surface area contributed by atoms with E-state index in [1.54, 1.807) is 18.5 Å². The molecule has 0 bridgehead atoms. The van der Waals surface area contributed by atoms with Crippen molar-refractivity contribution in [2.24, 2.45) is 0 Å². The third-order valence-corrected chi connectivity index (χ3v) is 4.08. The van der Waals surface area contributed by atoms with E-state index >= 15 is 0 Å². The van der Waals surface area contributed by atoms with Crippen molar-refractivity contribution in [1.82, 2.24) is 14.8 Å².